The highest BCUT2D eigenvalue weighted by atomic mass is 16.1. The molecule has 0 fully saturated rings. The molecule has 5 nitrogen and oxygen atoms in total. The van der Waals surface area contributed by atoms with E-state index in [1.165, 1.54) is 0 Å². The molecule has 3 heterocycles. The largest absolute Gasteiger partial charge is 0.361 e. The zero-order valence-electron chi connectivity index (χ0n) is 16.2. The molecule has 0 aliphatic heterocycles. The molecule has 5 heteroatoms. The zero-order valence-corrected chi connectivity index (χ0v) is 16.2. The Morgan fingerprint density at radius 2 is 1.77 bits per heavy atom. The molecule has 0 spiro atoms. The minimum atomic E-state index is -0.0888. The van der Waals surface area contributed by atoms with Gasteiger partial charge in [0.25, 0.3) is 11.4 Å². The Hall–Kier alpha value is -4.30. The van der Waals surface area contributed by atoms with E-state index in [2.05, 4.69) is 14.8 Å². The van der Waals surface area contributed by atoms with Gasteiger partial charge in [-0.3, -0.25) is 14.3 Å². The summed E-state index contributed by atoms with van der Waals surface area (Å²) in [5.41, 5.74) is 5.31. The summed E-state index contributed by atoms with van der Waals surface area (Å²) in [6.45, 7) is 9.09. The van der Waals surface area contributed by atoms with E-state index in [1.54, 1.807) is 29.1 Å². The van der Waals surface area contributed by atoms with Crippen molar-refractivity contribution in [2.45, 2.75) is 6.92 Å². The maximum absolute atomic E-state index is 12.9. The summed E-state index contributed by atoms with van der Waals surface area (Å²) in [7, 11) is 0. The van der Waals surface area contributed by atoms with E-state index in [9.17, 15) is 4.79 Å². The van der Waals surface area contributed by atoms with Crippen molar-refractivity contribution in [1.82, 2.24) is 14.5 Å². The number of nitrogens with zero attached hydrogens (tertiary/aromatic N) is 4. The number of hydrogen-bond acceptors (Lipinski definition) is 3. The topological polar surface area (TPSA) is 52.1 Å². The summed E-state index contributed by atoms with van der Waals surface area (Å²) in [6.07, 6.45) is 3.50. The van der Waals surface area contributed by atoms with Crippen LogP contribution in [0.25, 0.3) is 43.5 Å². The first kappa shape index (κ1) is 17.8. The Bertz CT molecular complexity index is 1530. The summed E-state index contributed by atoms with van der Waals surface area (Å²) >= 11 is 0. The molecular formula is C25H16N4O. The Labute approximate surface area is 172 Å². The Kier molecular flexibility index (Phi) is 4.11. The molecule has 0 saturated carbocycles. The van der Waals surface area contributed by atoms with Crippen molar-refractivity contribution < 1.29 is 0 Å². The van der Waals surface area contributed by atoms with E-state index >= 15 is 0 Å². The van der Waals surface area contributed by atoms with Crippen molar-refractivity contribution in [1.29, 1.82) is 0 Å². The van der Waals surface area contributed by atoms with Crippen LogP contribution in [0.2, 0.25) is 0 Å². The first-order valence-electron chi connectivity index (χ1n) is 9.49. The standard InChI is InChI=1S/C25H16N4O/c1-16-4-3-5-20(12-16)29-24(30)11-8-19-15-27-22-9-6-17(13-21(22)25(19)29)18-7-10-23(26-2)28-14-18/h3-15H,1H3. The Morgan fingerprint density at radius 1 is 0.900 bits per heavy atom. The maximum Gasteiger partial charge on any atom is 0.269 e. The van der Waals surface area contributed by atoms with Crippen LogP contribution in [0.3, 0.4) is 0 Å². The molecule has 0 unspecified atom stereocenters. The highest BCUT2D eigenvalue weighted by Crippen LogP contribution is 2.29. The van der Waals surface area contributed by atoms with Crippen LogP contribution in [-0.2, 0) is 0 Å². The minimum Gasteiger partial charge on any atom is -0.361 e. The SMILES string of the molecule is [C-]#[N+]c1ccc(-c2ccc3ncc4ccc(=O)n(-c5cccc(C)c5)c4c3c2)cn1. The third kappa shape index (κ3) is 2.92. The van der Waals surface area contributed by atoms with Gasteiger partial charge in [-0.05, 0) is 54.4 Å². The predicted octanol–water partition coefficient (Wildman–Crippen LogP) is 5.46. The second-order valence-electron chi connectivity index (χ2n) is 7.16. The van der Waals surface area contributed by atoms with Gasteiger partial charge in [0.15, 0.2) is 0 Å². The van der Waals surface area contributed by atoms with Crippen LogP contribution in [0.5, 0.6) is 0 Å². The number of fused-ring (bicyclic) bond motifs is 3. The molecule has 0 aliphatic rings. The molecule has 0 aliphatic carbocycles. The fraction of sp³-hybridized carbons (Fsp3) is 0.0400. The van der Waals surface area contributed by atoms with E-state index in [4.69, 9.17) is 6.57 Å². The number of pyridine rings is 3. The third-order valence-electron chi connectivity index (χ3n) is 5.17. The number of rotatable bonds is 2. The van der Waals surface area contributed by atoms with Gasteiger partial charge in [0.05, 0.1) is 11.0 Å². The van der Waals surface area contributed by atoms with Gasteiger partial charge in [-0.25, -0.2) is 0 Å². The summed E-state index contributed by atoms with van der Waals surface area (Å²) in [6, 6.07) is 20.9. The summed E-state index contributed by atoms with van der Waals surface area (Å²) in [5, 5.41) is 1.78. The zero-order chi connectivity index (χ0) is 20.7. The second-order valence-corrected chi connectivity index (χ2v) is 7.16. The molecule has 142 valence electrons. The fourth-order valence-corrected chi connectivity index (χ4v) is 3.74. The highest BCUT2D eigenvalue weighted by molar-refractivity contribution is 6.05. The van der Waals surface area contributed by atoms with Crippen LogP contribution in [0.1, 0.15) is 5.56 Å². The van der Waals surface area contributed by atoms with Crippen LogP contribution in [0, 0.1) is 13.5 Å². The molecule has 0 atom stereocenters. The molecule has 2 aromatic carbocycles. The van der Waals surface area contributed by atoms with Gasteiger partial charge in [-0.15, -0.1) is 4.98 Å². The predicted molar refractivity (Wildman–Crippen MR) is 119 cm³/mol. The average molecular weight is 388 g/mol. The number of aryl methyl sites for hydroxylation is 1. The van der Waals surface area contributed by atoms with Gasteiger partial charge in [0.1, 0.15) is 6.20 Å². The smallest absolute Gasteiger partial charge is 0.269 e. The Morgan fingerprint density at radius 3 is 2.53 bits per heavy atom. The normalized spacial score (nSPS) is 10.9. The van der Waals surface area contributed by atoms with Gasteiger partial charge in [-0.2, -0.15) is 0 Å². The molecular weight excluding hydrogens is 372 g/mol. The van der Waals surface area contributed by atoms with Gasteiger partial charge in [0, 0.05) is 34.3 Å². The summed E-state index contributed by atoms with van der Waals surface area (Å²) in [4.78, 5) is 25.0. The van der Waals surface area contributed by atoms with Crippen molar-refractivity contribution >= 4 is 27.6 Å². The van der Waals surface area contributed by atoms with Crippen molar-refractivity contribution in [2.24, 2.45) is 0 Å². The monoisotopic (exact) mass is 388 g/mol. The van der Waals surface area contributed by atoms with Gasteiger partial charge in [0.2, 0.25) is 0 Å². The molecule has 30 heavy (non-hydrogen) atoms. The number of aromatic nitrogens is 3. The van der Waals surface area contributed by atoms with E-state index in [-0.39, 0.29) is 5.56 Å². The second kappa shape index (κ2) is 6.94. The molecule has 0 N–H and O–H groups in total. The Balaban J connectivity index is 1.84. The van der Waals surface area contributed by atoms with Crippen molar-refractivity contribution in [3.8, 4) is 16.8 Å². The van der Waals surface area contributed by atoms with Crippen molar-refractivity contribution in [3.05, 3.63) is 106 Å². The van der Waals surface area contributed by atoms with Crippen molar-refractivity contribution in [2.75, 3.05) is 0 Å². The third-order valence-corrected chi connectivity index (χ3v) is 5.17. The maximum atomic E-state index is 12.9. The first-order chi connectivity index (χ1) is 14.6. The van der Waals surface area contributed by atoms with Crippen LogP contribution < -0.4 is 5.56 Å². The number of hydrogen-bond donors (Lipinski definition) is 0. The van der Waals surface area contributed by atoms with Crippen LogP contribution in [0.15, 0.2) is 83.9 Å². The van der Waals surface area contributed by atoms with E-state index in [0.29, 0.717) is 5.82 Å². The molecule has 0 saturated heterocycles. The highest BCUT2D eigenvalue weighted by Gasteiger charge is 2.12. The van der Waals surface area contributed by atoms with Crippen LogP contribution in [0.4, 0.5) is 5.82 Å². The van der Waals surface area contributed by atoms with Gasteiger partial charge >= 0.3 is 0 Å². The van der Waals surface area contributed by atoms with Gasteiger partial charge < -0.3 is 4.85 Å². The fourth-order valence-electron chi connectivity index (χ4n) is 3.74. The number of benzene rings is 2. The molecule has 0 bridgehead atoms. The minimum absolute atomic E-state index is 0.0888. The lowest BCUT2D eigenvalue weighted by molar-refractivity contribution is 1.04. The molecule has 5 aromatic rings. The quantitative estimate of drug-likeness (QED) is 0.298. The molecule has 3 aromatic heterocycles. The van der Waals surface area contributed by atoms with E-state index in [1.807, 2.05) is 61.5 Å². The van der Waals surface area contributed by atoms with Crippen LogP contribution in [-0.4, -0.2) is 14.5 Å². The van der Waals surface area contributed by atoms with E-state index < -0.39 is 0 Å². The van der Waals surface area contributed by atoms with Crippen molar-refractivity contribution in [3.63, 3.8) is 0 Å². The van der Waals surface area contributed by atoms with Gasteiger partial charge in [-0.1, -0.05) is 30.8 Å². The average Bonchev–Trinajstić information content (AvgIpc) is 2.78. The molecule has 0 radical (unpaired) electrons. The summed E-state index contributed by atoms with van der Waals surface area (Å²) < 4.78 is 1.75. The molecule has 0 amide bonds. The lowest BCUT2D eigenvalue weighted by Crippen LogP contribution is -2.17. The van der Waals surface area contributed by atoms with Crippen LogP contribution >= 0.6 is 0 Å². The lowest BCUT2D eigenvalue weighted by atomic mass is 10.0. The summed E-state index contributed by atoms with van der Waals surface area (Å²) in [5.74, 6) is 0.361. The first-order valence-corrected chi connectivity index (χ1v) is 9.49. The molecule has 5 rings (SSSR count). The lowest BCUT2D eigenvalue weighted by Gasteiger charge is -2.13. The van der Waals surface area contributed by atoms with E-state index in [0.717, 1.165) is 44.2 Å².